The molecule has 1 amide bonds. The number of halogens is 1. The number of hydrogen-bond donors (Lipinski definition) is 1. The van der Waals surface area contributed by atoms with E-state index in [0.717, 1.165) is 24.1 Å². The first kappa shape index (κ1) is 19.1. The second-order valence-corrected chi connectivity index (χ2v) is 9.40. The Kier molecular flexibility index (Phi) is 4.75. The molecule has 2 aromatic carbocycles. The first-order valence-corrected chi connectivity index (χ1v) is 11.0. The number of fused-ring (bicyclic) bond motifs is 1. The Morgan fingerprint density at radius 3 is 2.64 bits per heavy atom. The van der Waals surface area contributed by atoms with Crippen molar-refractivity contribution in [2.75, 3.05) is 16.7 Å². The molecule has 1 aliphatic heterocycles. The molecule has 1 aliphatic carbocycles. The van der Waals surface area contributed by atoms with E-state index in [2.05, 4.69) is 4.72 Å². The van der Waals surface area contributed by atoms with E-state index in [4.69, 9.17) is 16.3 Å². The standard InChI is InChI=1S/C20H21ClN2O4S/c1-12-9-14-10-16(6-7-18(14)23(12)20(24)13-3-4-13)28(25,26)22-17-11-15(21)5-8-19(17)27-2/h5-8,10-13,22H,3-4,9H2,1-2H3/t12-/m1/s1. The fourth-order valence-electron chi connectivity index (χ4n) is 3.60. The van der Waals surface area contributed by atoms with Gasteiger partial charge in [0, 0.05) is 22.7 Å². The summed E-state index contributed by atoms with van der Waals surface area (Å²) in [5.74, 6) is 0.640. The number of nitrogens with zero attached hydrogens (tertiary/aromatic N) is 1. The van der Waals surface area contributed by atoms with Gasteiger partial charge in [0.25, 0.3) is 10.0 Å². The molecule has 0 unspecified atom stereocenters. The third-order valence-corrected chi connectivity index (χ3v) is 6.75. The van der Waals surface area contributed by atoms with Gasteiger partial charge in [0.05, 0.1) is 17.7 Å². The lowest BCUT2D eigenvalue weighted by Gasteiger charge is -2.22. The number of benzene rings is 2. The Balaban J connectivity index is 1.64. The third-order valence-electron chi connectivity index (χ3n) is 5.15. The highest BCUT2D eigenvalue weighted by atomic mass is 35.5. The largest absolute Gasteiger partial charge is 0.495 e. The van der Waals surface area contributed by atoms with Crippen molar-refractivity contribution in [2.24, 2.45) is 5.92 Å². The van der Waals surface area contributed by atoms with Crippen molar-refractivity contribution in [3.05, 3.63) is 47.0 Å². The quantitative estimate of drug-likeness (QED) is 0.797. The monoisotopic (exact) mass is 420 g/mol. The van der Waals surface area contributed by atoms with Crippen molar-refractivity contribution >= 4 is 38.9 Å². The number of ether oxygens (including phenoxy) is 1. The van der Waals surface area contributed by atoms with Crippen molar-refractivity contribution in [2.45, 2.75) is 37.1 Å². The highest BCUT2D eigenvalue weighted by Gasteiger charge is 2.39. The highest BCUT2D eigenvalue weighted by molar-refractivity contribution is 7.92. The van der Waals surface area contributed by atoms with Crippen molar-refractivity contribution in [1.82, 2.24) is 0 Å². The van der Waals surface area contributed by atoms with Gasteiger partial charge in [-0.3, -0.25) is 9.52 Å². The molecule has 0 spiro atoms. The van der Waals surface area contributed by atoms with Gasteiger partial charge >= 0.3 is 0 Å². The molecule has 0 radical (unpaired) electrons. The van der Waals surface area contributed by atoms with Gasteiger partial charge in [-0.15, -0.1) is 0 Å². The summed E-state index contributed by atoms with van der Waals surface area (Å²) in [5, 5.41) is 0.399. The van der Waals surface area contributed by atoms with Gasteiger partial charge in [-0.1, -0.05) is 11.6 Å². The summed E-state index contributed by atoms with van der Waals surface area (Å²) >= 11 is 5.99. The van der Waals surface area contributed by atoms with E-state index >= 15 is 0 Å². The first-order valence-electron chi connectivity index (χ1n) is 9.12. The van der Waals surface area contributed by atoms with Gasteiger partial charge in [-0.05, 0) is 68.1 Å². The average molecular weight is 421 g/mol. The molecule has 1 heterocycles. The molecule has 1 atom stereocenters. The van der Waals surface area contributed by atoms with Crippen LogP contribution in [0.25, 0.3) is 0 Å². The van der Waals surface area contributed by atoms with Crippen LogP contribution in [0.2, 0.25) is 5.02 Å². The van der Waals surface area contributed by atoms with Crippen molar-refractivity contribution in [3.8, 4) is 5.75 Å². The molecule has 0 saturated heterocycles. The smallest absolute Gasteiger partial charge is 0.262 e. The summed E-state index contributed by atoms with van der Waals surface area (Å²) in [6.45, 7) is 1.99. The molecular formula is C20H21ClN2O4S. The number of nitrogens with one attached hydrogen (secondary N) is 1. The molecule has 2 aliphatic rings. The minimum Gasteiger partial charge on any atom is -0.495 e. The molecule has 4 rings (SSSR count). The first-order chi connectivity index (χ1) is 13.3. The van der Waals surface area contributed by atoms with Crippen LogP contribution in [0.15, 0.2) is 41.3 Å². The predicted octanol–water partition coefficient (Wildman–Crippen LogP) is 3.84. The molecule has 2 aromatic rings. The van der Waals surface area contributed by atoms with Crippen molar-refractivity contribution in [3.63, 3.8) is 0 Å². The molecule has 28 heavy (non-hydrogen) atoms. The van der Waals surface area contributed by atoms with Gasteiger partial charge in [0.1, 0.15) is 5.75 Å². The second kappa shape index (κ2) is 6.97. The maximum atomic E-state index is 12.9. The number of carbonyl (C=O) groups is 1. The third kappa shape index (κ3) is 3.44. The van der Waals surface area contributed by atoms with Gasteiger partial charge in [-0.25, -0.2) is 8.42 Å². The van der Waals surface area contributed by atoms with Crippen molar-refractivity contribution in [1.29, 1.82) is 0 Å². The van der Waals surface area contributed by atoms with E-state index in [1.54, 1.807) is 24.3 Å². The zero-order valence-corrected chi connectivity index (χ0v) is 17.2. The summed E-state index contributed by atoms with van der Waals surface area (Å²) in [4.78, 5) is 14.5. The van der Waals surface area contributed by atoms with Gasteiger partial charge in [-0.2, -0.15) is 0 Å². The number of carbonyl (C=O) groups excluding carboxylic acids is 1. The zero-order chi connectivity index (χ0) is 20.1. The lowest BCUT2D eigenvalue weighted by molar-refractivity contribution is -0.120. The minimum absolute atomic E-state index is 0.0297. The fourth-order valence-corrected chi connectivity index (χ4v) is 4.88. The summed E-state index contributed by atoms with van der Waals surface area (Å²) in [5.41, 5.74) is 1.94. The van der Waals surface area contributed by atoms with Gasteiger partial charge in [0.15, 0.2) is 0 Å². The van der Waals surface area contributed by atoms with E-state index in [0.29, 0.717) is 17.2 Å². The van der Waals surface area contributed by atoms with Crippen LogP contribution >= 0.6 is 11.6 Å². The molecule has 1 fully saturated rings. The molecular weight excluding hydrogens is 400 g/mol. The van der Waals surface area contributed by atoms with E-state index < -0.39 is 10.0 Å². The zero-order valence-electron chi connectivity index (χ0n) is 15.6. The normalized spacial score (nSPS) is 18.7. The Labute approximate surface area is 169 Å². The number of amides is 1. The number of hydrogen-bond acceptors (Lipinski definition) is 4. The highest BCUT2D eigenvalue weighted by Crippen LogP contribution is 2.40. The summed E-state index contributed by atoms with van der Waals surface area (Å²) in [6, 6.07) is 9.66. The molecule has 148 valence electrons. The van der Waals surface area contributed by atoms with Crippen LogP contribution in [0.4, 0.5) is 11.4 Å². The molecule has 8 heteroatoms. The van der Waals surface area contributed by atoms with Crippen molar-refractivity contribution < 1.29 is 17.9 Å². The summed E-state index contributed by atoms with van der Waals surface area (Å²) in [7, 11) is -2.37. The van der Waals surface area contributed by atoms with E-state index in [1.807, 2.05) is 11.8 Å². The molecule has 0 aromatic heterocycles. The van der Waals surface area contributed by atoms with Crippen LogP contribution in [0.3, 0.4) is 0 Å². The fraction of sp³-hybridized carbons (Fsp3) is 0.350. The van der Waals surface area contributed by atoms with Crippen LogP contribution in [-0.2, 0) is 21.2 Å². The van der Waals surface area contributed by atoms with Crippen LogP contribution in [-0.4, -0.2) is 27.5 Å². The minimum atomic E-state index is -3.84. The molecule has 1 saturated carbocycles. The number of anilines is 2. The number of methoxy groups -OCH3 is 1. The van der Waals surface area contributed by atoms with E-state index in [9.17, 15) is 13.2 Å². The Bertz CT molecular complexity index is 1050. The SMILES string of the molecule is COc1ccc(Cl)cc1NS(=O)(=O)c1ccc2c(c1)C[C@@H](C)N2C(=O)C1CC1. The number of rotatable bonds is 5. The molecule has 1 N–H and O–H groups in total. The van der Waals surface area contributed by atoms with Crippen LogP contribution in [0.5, 0.6) is 5.75 Å². The Hall–Kier alpha value is -2.25. The maximum absolute atomic E-state index is 12.9. The summed E-state index contributed by atoms with van der Waals surface area (Å²) in [6.07, 6.45) is 2.52. The second-order valence-electron chi connectivity index (χ2n) is 7.28. The lowest BCUT2D eigenvalue weighted by Crippen LogP contribution is -2.36. The van der Waals surface area contributed by atoms with Crippen LogP contribution in [0.1, 0.15) is 25.3 Å². The van der Waals surface area contributed by atoms with E-state index in [1.165, 1.54) is 19.2 Å². The number of sulfonamides is 1. The molecule has 0 bridgehead atoms. The van der Waals surface area contributed by atoms with Gasteiger partial charge in [0.2, 0.25) is 5.91 Å². The Morgan fingerprint density at radius 2 is 1.96 bits per heavy atom. The predicted molar refractivity (Wildman–Crippen MR) is 109 cm³/mol. The van der Waals surface area contributed by atoms with Crippen LogP contribution in [0, 0.1) is 5.92 Å². The summed E-state index contributed by atoms with van der Waals surface area (Å²) < 4.78 is 33.6. The maximum Gasteiger partial charge on any atom is 0.262 e. The van der Waals surface area contributed by atoms with Crippen LogP contribution < -0.4 is 14.4 Å². The van der Waals surface area contributed by atoms with Gasteiger partial charge < -0.3 is 9.64 Å². The topological polar surface area (TPSA) is 75.7 Å². The Morgan fingerprint density at radius 1 is 1.21 bits per heavy atom. The molecule has 6 nitrogen and oxygen atoms in total. The average Bonchev–Trinajstić information content (AvgIpc) is 3.43. The lowest BCUT2D eigenvalue weighted by atomic mass is 10.1. The van der Waals surface area contributed by atoms with E-state index in [-0.39, 0.29) is 28.4 Å².